The molecular weight excluding hydrogens is 210 g/mol. The minimum atomic E-state index is 0.250. The van der Waals surface area contributed by atoms with Crippen LogP contribution >= 0.6 is 0 Å². The topological polar surface area (TPSA) is 100.0 Å². The highest BCUT2D eigenvalue weighted by Crippen LogP contribution is 2.18. The van der Waals surface area contributed by atoms with Crippen molar-refractivity contribution in [1.29, 1.82) is 0 Å². The monoisotopic (exact) mass is 221 g/mol. The third-order valence-corrected chi connectivity index (χ3v) is 1.83. The predicted octanol–water partition coefficient (Wildman–Crippen LogP) is 0.645. The summed E-state index contributed by atoms with van der Waals surface area (Å²) in [6.07, 6.45) is 3.01. The van der Waals surface area contributed by atoms with Crippen molar-refractivity contribution in [3.8, 4) is 11.6 Å². The lowest BCUT2D eigenvalue weighted by atomic mass is 10.4. The molecule has 84 valence electrons. The van der Waals surface area contributed by atoms with Gasteiger partial charge in [-0.05, 0) is 6.92 Å². The highest BCUT2D eigenvalue weighted by atomic mass is 16.5. The van der Waals surface area contributed by atoms with E-state index in [1.807, 2.05) is 6.92 Å². The molecule has 0 fully saturated rings. The summed E-state index contributed by atoms with van der Waals surface area (Å²) in [5.74, 6) is 0.969. The Bertz CT molecular complexity index is 470. The van der Waals surface area contributed by atoms with Crippen molar-refractivity contribution in [2.75, 3.05) is 12.3 Å². The molecule has 0 atom stereocenters. The molecular formula is C9H11N5O2. The molecule has 0 aliphatic heterocycles. The molecule has 0 aliphatic rings. The Labute approximate surface area is 91.7 Å². The largest absolute Gasteiger partial charge is 0.382 e. The molecule has 0 radical (unpaired) electrons. The van der Waals surface area contributed by atoms with Crippen molar-refractivity contribution >= 4 is 5.82 Å². The number of ether oxygens (including phenoxy) is 1. The number of hydrogen-bond acceptors (Lipinski definition) is 7. The number of hydrogen-bond donors (Lipinski definition) is 1. The highest BCUT2D eigenvalue weighted by Gasteiger charge is 2.13. The van der Waals surface area contributed by atoms with Crippen LogP contribution in [-0.4, -0.2) is 26.7 Å². The van der Waals surface area contributed by atoms with Crippen LogP contribution in [-0.2, 0) is 11.3 Å². The molecule has 2 aromatic heterocycles. The van der Waals surface area contributed by atoms with Gasteiger partial charge in [0.05, 0.1) is 0 Å². The molecule has 2 N–H and O–H groups in total. The lowest BCUT2D eigenvalue weighted by Crippen LogP contribution is -1.97. The van der Waals surface area contributed by atoms with Crippen LogP contribution in [0.25, 0.3) is 11.6 Å². The number of aromatic nitrogens is 4. The first-order valence-electron chi connectivity index (χ1n) is 4.78. The SMILES string of the molecule is CCOCc1noc(-c2nccnc2N)n1. The maximum atomic E-state index is 5.63. The van der Waals surface area contributed by atoms with Crippen molar-refractivity contribution in [2.45, 2.75) is 13.5 Å². The predicted molar refractivity (Wildman–Crippen MR) is 55.1 cm³/mol. The van der Waals surface area contributed by atoms with Gasteiger partial charge in [0.2, 0.25) is 0 Å². The second kappa shape index (κ2) is 4.67. The molecule has 0 saturated heterocycles. The first kappa shape index (κ1) is 10.5. The molecule has 2 heterocycles. The summed E-state index contributed by atoms with van der Waals surface area (Å²) in [6, 6.07) is 0. The summed E-state index contributed by atoms with van der Waals surface area (Å²) >= 11 is 0. The van der Waals surface area contributed by atoms with Crippen LogP contribution in [0, 0.1) is 0 Å². The van der Waals surface area contributed by atoms with Crippen LogP contribution in [0.1, 0.15) is 12.7 Å². The van der Waals surface area contributed by atoms with Crippen LogP contribution in [0.5, 0.6) is 0 Å². The molecule has 2 aromatic rings. The second-order valence-corrected chi connectivity index (χ2v) is 2.94. The van der Waals surface area contributed by atoms with Crippen molar-refractivity contribution < 1.29 is 9.26 Å². The summed E-state index contributed by atoms with van der Waals surface area (Å²) in [5.41, 5.74) is 6.02. The molecule has 7 nitrogen and oxygen atoms in total. The minimum absolute atomic E-state index is 0.250. The van der Waals surface area contributed by atoms with E-state index >= 15 is 0 Å². The van der Waals surface area contributed by atoms with Crippen LogP contribution < -0.4 is 5.73 Å². The van der Waals surface area contributed by atoms with Gasteiger partial charge < -0.3 is 15.0 Å². The zero-order valence-electron chi connectivity index (χ0n) is 8.75. The molecule has 0 aliphatic carbocycles. The van der Waals surface area contributed by atoms with Gasteiger partial charge in [-0.3, -0.25) is 0 Å². The van der Waals surface area contributed by atoms with Gasteiger partial charge in [-0.15, -0.1) is 0 Å². The van der Waals surface area contributed by atoms with E-state index in [9.17, 15) is 0 Å². The van der Waals surface area contributed by atoms with Gasteiger partial charge in [-0.1, -0.05) is 5.16 Å². The van der Waals surface area contributed by atoms with Crippen molar-refractivity contribution in [1.82, 2.24) is 20.1 Å². The fourth-order valence-corrected chi connectivity index (χ4v) is 1.12. The van der Waals surface area contributed by atoms with Crippen LogP contribution in [0.2, 0.25) is 0 Å². The minimum Gasteiger partial charge on any atom is -0.382 e. The van der Waals surface area contributed by atoms with E-state index in [4.69, 9.17) is 15.0 Å². The zero-order valence-corrected chi connectivity index (χ0v) is 8.75. The highest BCUT2D eigenvalue weighted by molar-refractivity contribution is 5.61. The van der Waals surface area contributed by atoms with Gasteiger partial charge in [0.25, 0.3) is 5.89 Å². The van der Waals surface area contributed by atoms with Gasteiger partial charge in [-0.2, -0.15) is 4.98 Å². The van der Waals surface area contributed by atoms with Crippen molar-refractivity contribution in [2.24, 2.45) is 0 Å². The molecule has 0 unspecified atom stereocenters. The second-order valence-electron chi connectivity index (χ2n) is 2.94. The smallest absolute Gasteiger partial charge is 0.280 e. The summed E-state index contributed by atoms with van der Waals surface area (Å²) in [5, 5.41) is 3.74. The molecule has 0 bridgehead atoms. The third kappa shape index (κ3) is 2.14. The van der Waals surface area contributed by atoms with E-state index in [1.165, 1.54) is 12.4 Å². The van der Waals surface area contributed by atoms with Gasteiger partial charge in [0, 0.05) is 19.0 Å². The summed E-state index contributed by atoms with van der Waals surface area (Å²) in [7, 11) is 0. The normalized spacial score (nSPS) is 10.6. The lowest BCUT2D eigenvalue weighted by Gasteiger charge is -1.95. The Morgan fingerprint density at radius 2 is 2.19 bits per heavy atom. The van der Waals surface area contributed by atoms with Crippen molar-refractivity contribution in [3.05, 3.63) is 18.2 Å². The van der Waals surface area contributed by atoms with E-state index in [0.29, 0.717) is 24.7 Å². The van der Waals surface area contributed by atoms with Crippen LogP contribution in [0.3, 0.4) is 0 Å². The standard InChI is InChI=1S/C9H11N5O2/c1-2-15-5-6-13-9(16-14-6)7-8(10)12-4-3-11-7/h3-4H,2,5H2,1H3,(H2,10,12). The van der Waals surface area contributed by atoms with Gasteiger partial charge in [0.15, 0.2) is 17.3 Å². The van der Waals surface area contributed by atoms with E-state index < -0.39 is 0 Å². The molecule has 0 saturated carbocycles. The Morgan fingerprint density at radius 1 is 1.38 bits per heavy atom. The maximum Gasteiger partial charge on any atom is 0.280 e. The van der Waals surface area contributed by atoms with Crippen LogP contribution in [0.4, 0.5) is 5.82 Å². The Morgan fingerprint density at radius 3 is 2.94 bits per heavy atom. The fourth-order valence-electron chi connectivity index (χ4n) is 1.12. The molecule has 7 heteroatoms. The number of anilines is 1. The van der Waals surface area contributed by atoms with E-state index in [0.717, 1.165) is 0 Å². The zero-order chi connectivity index (χ0) is 11.4. The number of nitrogen functional groups attached to an aromatic ring is 1. The molecule has 0 amide bonds. The Balaban J connectivity index is 2.22. The first-order valence-corrected chi connectivity index (χ1v) is 4.78. The van der Waals surface area contributed by atoms with Gasteiger partial charge >= 0.3 is 0 Å². The van der Waals surface area contributed by atoms with Crippen LogP contribution in [0.15, 0.2) is 16.9 Å². The Kier molecular flexibility index (Phi) is 3.06. The quantitative estimate of drug-likeness (QED) is 0.808. The number of nitrogens with two attached hydrogens (primary N) is 1. The molecule has 16 heavy (non-hydrogen) atoms. The molecule has 2 rings (SSSR count). The average molecular weight is 221 g/mol. The number of rotatable bonds is 4. The van der Waals surface area contributed by atoms with Gasteiger partial charge in [0.1, 0.15) is 6.61 Å². The summed E-state index contributed by atoms with van der Waals surface area (Å²) in [6.45, 7) is 2.79. The molecule has 0 spiro atoms. The third-order valence-electron chi connectivity index (χ3n) is 1.83. The lowest BCUT2D eigenvalue weighted by molar-refractivity contribution is 0.126. The maximum absolute atomic E-state index is 5.63. The average Bonchev–Trinajstić information content (AvgIpc) is 2.75. The summed E-state index contributed by atoms with van der Waals surface area (Å²) in [4.78, 5) is 12.0. The van der Waals surface area contributed by atoms with Crippen molar-refractivity contribution in [3.63, 3.8) is 0 Å². The van der Waals surface area contributed by atoms with E-state index in [1.54, 1.807) is 0 Å². The van der Waals surface area contributed by atoms with E-state index in [2.05, 4.69) is 20.1 Å². The first-order chi connectivity index (χ1) is 7.81. The van der Waals surface area contributed by atoms with Gasteiger partial charge in [-0.25, -0.2) is 9.97 Å². The van der Waals surface area contributed by atoms with E-state index in [-0.39, 0.29) is 11.7 Å². The fraction of sp³-hybridized carbons (Fsp3) is 0.333. The number of nitrogens with zero attached hydrogens (tertiary/aromatic N) is 4. The summed E-state index contributed by atoms with van der Waals surface area (Å²) < 4.78 is 10.2. The molecule has 0 aromatic carbocycles. The Hall–Kier alpha value is -2.02.